The molecule has 2 aromatic carbocycles. The van der Waals surface area contributed by atoms with Gasteiger partial charge in [0.05, 0.1) is 22.5 Å². The fourth-order valence-electron chi connectivity index (χ4n) is 4.07. The van der Waals surface area contributed by atoms with E-state index in [0.717, 1.165) is 16.2 Å². The van der Waals surface area contributed by atoms with E-state index in [9.17, 15) is 23.2 Å². The van der Waals surface area contributed by atoms with Crippen LogP contribution in [-0.4, -0.2) is 42.1 Å². The molecule has 1 aliphatic carbocycles. The van der Waals surface area contributed by atoms with Crippen LogP contribution in [0.1, 0.15) is 45.7 Å². The quantitative estimate of drug-likeness (QED) is 0.351. The highest BCUT2D eigenvalue weighted by molar-refractivity contribution is 7.20. The van der Waals surface area contributed by atoms with Crippen molar-refractivity contribution in [2.24, 2.45) is 5.92 Å². The summed E-state index contributed by atoms with van der Waals surface area (Å²) in [5.41, 5.74) is -0.484. The molecule has 190 valence electrons. The summed E-state index contributed by atoms with van der Waals surface area (Å²) in [6, 6.07) is 9.37. The van der Waals surface area contributed by atoms with E-state index in [0.29, 0.717) is 35.6 Å². The lowest BCUT2D eigenvalue weighted by Gasteiger charge is -2.27. The van der Waals surface area contributed by atoms with Crippen molar-refractivity contribution in [3.05, 3.63) is 63.5 Å². The van der Waals surface area contributed by atoms with Gasteiger partial charge in [-0.1, -0.05) is 11.6 Å². The standard InChI is InChI=1S/C25H23ClF2N2O5S/c26-15-3-8-19-14(11-15)12-20(36-19)24(32)30-10-9-29-23(31)17-6-7-18(22(28)21(17)27)35-16-4-1-13(2-5-16)25(33)34/h3,6-8,11-13,16H,1-2,4-5,9-10H2,(H,29,31)(H,30,32)(H,33,34)/t13-,16+. The van der Waals surface area contributed by atoms with Gasteiger partial charge < -0.3 is 20.5 Å². The second kappa shape index (κ2) is 11.2. The number of carboxylic acids is 1. The highest BCUT2D eigenvalue weighted by Gasteiger charge is 2.28. The number of hydrogen-bond acceptors (Lipinski definition) is 5. The van der Waals surface area contributed by atoms with Crippen LogP contribution >= 0.6 is 22.9 Å². The number of aliphatic carboxylic acids is 1. The third kappa shape index (κ3) is 5.93. The number of hydrogen-bond donors (Lipinski definition) is 3. The van der Waals surface area contributed by atoms with Crippen LogP contribution in [0.2, 0.25) is 5.02 Å². The summed E-state index contributed by atoms with van der Waals surface area (Å²) < 4.78 is 35.5. The summed E-state index contributed by atoms with van der Waals surface area (Å²) in [6.45, 7) is 0.0946. The molecule has 0 atom stereocenters. The first-order valence-electron chi connectivity index (χ1n) is 11.4. The fraction of sp³-hybridized carbons (Fsp3) is 0.320. The van der Waals surface area contributed by atoms with Crippen molar-refractivity contribution in [1.29, 1.82) is 0 Å². The molecule has 1 aliphatic rings. The zero-order valence-corrected chi connectivity index (χ0v) is 20.6. The van der Waals surface area contributed by atoms with Gasteiger partial charge in [-0.25, -0.2) is 4.39 Å². The number of halogens is 3. The van der Waals surface area contributed by atoms with E-state index in [1.165, 1.54) is 17.4 Å². The molecule has 1 saturated carbocycles. The lowest BCUT2D eigenvalue weighted by Crippen LogP contribution is -2.34. The average Bonchev–Trinajstić information content (AvgIpc) is 3.28. The first kappa shape index (κ1) is 25.8. The monoisotopic (exact) mass is 536 g/mol. The Kier molecular flexibility index (Phi) is 8.05. The number of benzene rings is 2. The summed E-state index contributed by atoms with van der Waals surface area (Å²) in [5.74, 6) is -5.40. The van der Waals surface area contributed by atoms with Gasteiger partial charge in [-0.15, -0.1) is 11.3 Å². The molecule has 2 amide bonds. The van der Waals surface area contributed by atoms with Crippen LogP contribution in [0.25, 0.3) is 10.1 Å². The lowest BCUT2D eigenvalue weighted by atomic mass is 9.87. The second-order valence-electron chi connectivity index (χ2n) is 8.47. The van der Waals surface area contributed by atoms with Gasteiger partial charge in [0.15, 0.2) is 11.6 Å². The predicted octanol–water partition coefficient (Wildman–Crippen LogP) is 5.01. The van der Waals surface area contributed by atoms with Gasteiger partial charge in [0.25, 0.3) is 11.8 Å². The maximum Gasteiger partial charge on any atom is 0.306 e. The zero-order chi connectivity index (χ0) is 25.8. The van der Waals surface area contributed by atoms with Crippen LogP contribution in [0.3, 0.4) is 0 Å². The Balaban J connectivity index is 1.27. The molecule has 0 unspecified atom stereocenters. The molecule has 0 spiro atoms. The molecule has 7 nitrogen and oxygen atoms in total. The minimum Gasteiger partial charge on any atom is -0.487 e. The third-order valence-electron chi connectivity index (χ3n) is 6.01. The predicted molar refractivity (Wildman–Crippen MR) is 132 cm³/mol. The van der Waals surface area contributed by atoms with Crippen LogP contribution < -0.4 is 15.4 Å². The highest BCUT2D eigenvalue weighted by Crippen LogP contribution is 2.31. The molecule has 1 fully saturated rings. The summed E-state index contributed by atoms with van der Waals surface area (Å²) in [6.07, 6.45) is 1.22. The van der Waals surface area contributed by atoms with Crippen molar-refractivity contribution < 1.29 is 33.0 Å². The normalized spacial score (nSPS) is 17.5. The Labute approximate surface area is 214 Å². The van der Waals surface area contributed by atoms with Crippen molar-refractivity contribution in [2.45, 2.75) is 31.8 Å². The maximum absolute atomic E-state index is 14.6. The molecule has 1 heterocycles. The molecule has 0 radical (unpaired) electrons. The number of thiophene rings is 1. The Hall–Kier alpha value is -3.24. The van der Waals surface area contributed by atoms with E-state index < -0.39 is 41.1 Å². The van der Waals surface area contributed by atoms with Gasteiger partial charge in [-0.05, 0) is 67.5 Å². The number of fused-ring (bicyclic) bond motifs is 1. The largest absolute Gasteiger partial charge is 0.487 e. The number of carboxylic acid groups (broad SMARTS) is 1. The van der Waals surface area contributed by atoms with Crippen LogP contribution in [0.15, 0.2) is 36.4 Å². The minimum absolute atomic E-state index is 0.00737. The smallest absolute Gasteiger partial charge is 0.306 e. The molecular weight excluding hydrogens is 514 g/mol. The van der Waals surface area contributed by atoms with Crippen molar-refractivity contribution in [2.75, 3.05) is 13.1 Å². The van der Waals surface area contributed by atoms with Crippen LogP contribution in [0.5, 0.6) is 5.75 Å². The maximum atomic E-state index is 14.6. The Bertz CT molecular complexity index is 1310. The molecule has 0 aliphatic heterocycles. The molecule has 0 saturated heterocycles. The number of nitrogens with one attached hydrogen (secondary N) is 2. The fourth-order valence-corrected chi connectivity index (χ4v) is 5.21. The average molecular weight is 537 g/mol. The highest BCUT2D eigenvalue weighted by atomic mass is 35.5. The Morgan fingerprint density at radius 1 is 0.972 bits per heavy atom. The molecule has 3 N–H and O–H groups in total. The van der Waals surface area contributed by atoms with Gasteiger partial charge >= 0.3 is 5.97 Å². The number of amides is 2. The second-order valence-corrected chi connectivity index (χ2v) is 9.99. The molecule has 0 bridgehead atoms. The summed E-state index contributed by atoms with van der Waals surface area (Å²) >= 11 is 7.27. The molecule has 4 rings (SSSR count). The van der Waals surface area contributed by atoms with Crippen molar-refractivity contribution >= 4 is 50.8 Å². The number of carbonyl (C=O) groups excluding carboxylic acids is 2. The van der Waals surface area contributed by atoms with Crippen LogP contribution in [-0.2, 0) is 4.79 Å². The molecule has 1 aromatic heterocycles. The van der Waals surface area contributed by atoms with Gasteiger partial charge in [-0.2, -0.15) is 4.39 Å². The van der Waals surface area contributed by atoms with Crippen molar-refractivity contribution in [1.82, 2.24) is 10.6 Å². The van der Waals surface area contributed by atoms with Gasteiger partial charge in [0.2, 0.25) is 5.82 Å². The lowest BCUT2D eigenvalue weighted by molar-refractivity contribution is -0.143. The Morgan fingerprint density at radius 3 is 2.36 bits per heavy atom. The number of carbonyl (C=O) groups is 3. The van der Waals surface area contributed by atoms with Gasteiger partial charge in [0.1, 0.15) is 0 Å². The summed E-state index contributed by atoms with van der Waals surface area (Å²) in [4.78, 5) is 36.2. The van der Waals surface area contributed by atoms with E-state index in [4.69, 9.17) is 21.4 Å². The first-order valence-corrected chi connectivity index (χ1v) is 12.6. The Morgan fingerprint density at radius 2 is 1.67 bits per heavy atom. The summed E-state index contributed by atoms with van der Waals surface area (Å²) in [7, 11) is 0. The van der Waals surface area contributed by atoms with Crippen LogP contribution in [0.4, 0.5) is 8.78 Å². The molecule has 3 aromatic rings. The van der Waals surface area contributed by atoms with E-state index in [-0.39, 0.29) is 24.7 Å². The van der Waals surface area contributed by atoms with Crippen LogP contribution in [0, 0.1) is 17.6 Å². The zero-order valence-electron chi connectivity index (χ0n) is 19.0. The van der Waals surface area contributed by atoms with E-state index in [1.54, 1.807) is 18.2 Å². The van der Waals surface area contributed by atoms with Crippen molar-refractivity contribution in [3.63, 3.8) is 0 Å². The molecule has 11 heteroatoms. The van der Waals surface area contributed by atoms with Gasteiger partial charge in [-0.3, -0.25) is 14.4 Å². The van der Waals surface area contributed by atoms with E-state index in [2.05, 4.69) is 10.6 Å². The van der Waals surface area contributed by atoms with Gasteiger partial charge in [0, 0.05) is 22.8 Å². The molecule has 36 heavy (non-hydrogen) atoms. The van der Waals surface area contributed by atoms with E-state index in [1.807, 2.05) is 6.07 Å². The topological polar surface area (TPSA) is 105 Å². The van der Waals surface area contributed by atoms with Crippen molar-refractivity contribution in [3.8, 4) is 5.75 Å². The first-order chi connectivity index (χ1) is 17.2. The minimum atomic E-state index is -1.34. The number of ether oxygens (including phenoxy) is 1. The number of rotatable bonds is 8. The summed E-state index contributed by atoms with van der Waals surface area (Å²) in [5, 5.41) is 15.6. The van der Waals surface area contributed by atoms with E-state index >= 15 is 0 Å². The SMILES string of the molecule is O=C(NCCNC(=O)c1ccc(O[C@H]2CC[C@@H](C(=O)O)CC2)c(F)c1F)c1cc2cc(Cl)ccc2s1. The third-order valence-corrected chi connectivity index (χ3v) is 7.36. The molecular formula is C25H23ClF2N2O5S.